The molecule has 28 heavy (non-hydrogen) atoms. The quantitative estimate of drug-likeness (QED) is 0.510. The molecule has 4 nitrogen and oxygen atoms in total. The molecule has 0 aliphatic carbocycles. The molecule has 3 aromatic carbocycles. The maximum atomic E-state index is 11.5. The maximum Gasteiger partial charge on any atom is 0.127 e. The molecule has 0 spiro atoms. The van der Waals surface area contributed by atoms with Gasteiger partial charge in [0.2, 0.25) is 0 Å². The summed E-state index contributed by atoms with van der Waals surface area (Å²) in [4.78, 5) is 14.7. The molecule has 0 unspecified atom stereocenters. The summed E-state index contributed by atoms with van der Waals surface area (Å²) in [6.07, 6.45) is 1.69. The number of nitrogens with one attached hydrogen (secondary N) is 1. The maximum absolute atomic E-state index is 11.5. The van der Waals surface area contributed by atoms with Gasteiger partial charge in [0.25, 0.3) is 0 Å². The van der Waals surface area contributed by atoms with Crippen molar-refractivity contribution < 1.29 is 14.6 Å². The van der Waals surface area contributed by atoms with Crippen molar-refractivity contribution in [2.24, 2.45) is 0 Å². The number of aliphatic carboxylic acids is 1. The Hall–Kier alpha value is -3.24. The van der Waals surface area contributed by atoms with Gasteiger partial charge in [0, 0.05) is 34.0 Å². The van der Waals surface area contributed by atoms with Crippen molar-refractivity contribution >= 4 is 28.5 Å². The molecule has 0 fully saturated rings. The van der Waals surface area contributed by atoms with E-state index in [0.717, 1.165) is 27.8 Å². The van der Waals surface area contributed by atoms with Crippen LogP contribution in [0.25, 0.3) is 10.9 Å². The van der Waals surface area contributed by atoms with Gasteiger partial charge in [-0.15, -0.1) is 0 Å². The average Bonchev–Trinajstić information content (AvgIpc) is 3.10. The summed E-state index contributed by atoms with van der Waals surface area (Å²) in [5.41, 5.74) is 2.59. The number of H-pyrrole nitrogens is 1. The number of hydrogen-bond donors (Lipinski definition) is 1. The molecule has 1 aromatic heterocycles. The Bertz CT molecular complexity index is 1120. The van der Waals surface area contributed by atoms with E-state index in [9.17, 15) is 9.90 Å². The minimum absolute atomic E-state index is 0.145. The summed E-state index contributed by atoms with van der Waals surface area (Å²) in [6.45, 7) is 0. The van der Waals surface area contributed by atoms with E-state index in [2.05, 4.69) is 4.98 Å². The van der Waals surface area contributed by atoms with Gasteiger partial charge in [0.15, 0.2) is 0 Å². The second-order valence-corrected chi connectivity index (χ2v) is 6.99. The van der Waals surface area contributed by atoms with E-state index in [-0.39, 0.29) is 6.42 Å². The lowest BCUT2D eigenvalue weighted by molar-refractivity contribution is -0.305. The zero-order valence-corrected chi connectivity index (χ0v) is 15.6. The van der Waals surface area contributed by atoms with Crippen LogP contribution >= 0.6 is 11.6 Å². The Morgan fingerprint density at radius 3 is 2.57 bits per heavy atom. The van der Waals surface area contributed by atoms with E-state index in [1.807, 2.05) is 72.9 Å². The Labute approximate surface area is 167 Å². The summed E-state index contributed by atoms with van der Waals surface area (Å²) >= 11 is 6.16. The van der Waals surface area contributed by atoms with Crippen molar-refractivity contribution in [1.29, 1.82) is 0 Å². The van der Waals surface area contributed by atoms with Gasteiger partial charge in [-0.2, -0.15) is 0 Å². The van der Waals surface area contributed by atoms with Crippen molar-refractivity contribution in [2.75, 3.05) is 0 Å². The number of ether oxygens (including phenoxy) is 1. The van der Waals surface area contributed by atoms with Gasteiger partial charge in [-0.25, -0.2) is 0 Å². The Morgan fingerprint density at radius 2 is 1.79 bits per heavy atom. The van der Waals surface area contributed by atoms with Gasteiger partial charge in [0.05, 0.1) is 0 Å². The molecule has 0 bridgehead atoms. The number of aromatic nitrogens is 1. The molecular weight excluding hydrogens is 374 g/mol. The summed E-state index contributed by atoms with van der Waals surface area (Å²) in [6, 6.07) is 22.4. The van der Waals surface area contributed by atoms with Crippen LogP contribution in [0.4, 0.5) is 0 Å². The molecule has 1 heterocycles. The number of carboxylic acid groups (broad SMARTS) is 1. The van der Waals surface area contributed by atoms with Gasteiger partial charge >= 0.3 is 0 Å². The third-order valence-electron chi connectivity index (χ3n) is 4.66. The van der Waals surface area contributed by atoms with Gasteiger partial charge in [0.1, 0.15) is 11.5 Å². The molecule has 0 aliphatic heterocycles. The predicted molar refractivity (Wildman–Crippen MR) is 108 cm³/mol. The lowest BCUT2D eigenvalue weighted by Crippen LogP contribution is -2.24. The average molecular weight is 391 g/mol. The second-order valence-electron chi connectivity index (χ2n) is 6.55. The third-order valence-corrected chi connectivity index (χ3v) is 4.90. The standard InChI is InChI=1S/C23H18ClNO3/c24-16-9-10-22-20(12-16)21(14-25-22)19(13-23(26)27)15-5-4-8-18(11-15)28-17-6-2-1-3-7-17/h1-12,14,19,25H,13H2,(H,26,27)/p-1/t19-/m1/s1. The lowest BCUT2D eigenvalue weighted by Gasteiger charge is -2.19. The molecule has 0 radical (unpaired) electrons. The number of carbonyl (C=O) groups excluding carboxylic acids is 1. The molecule has 1 N–H and O–H groups in total. The normalized spacial score (nSPS) is 12.0. The monoisotopic (exact) mass is 390 g/mol. The molecule has 1 atom stereocenters. The summed E-state index contributed by atoms with van der Waals surface area (Å²) < 4.78 is 5.91. The third kappa shape index (κ3) is 3.87. The summed E-state index contributed by atoms with van der Waals surface area (Å²) in [5, 5.41) is 13.0. The van der Waals surface area contributed by atoms with Crippen LogP contribution in [-0.4, -0.2) is 11.0 Å². The fourth-order valence-electron chi connectivity index (χ4n) is 3.40. The van der Waals surface area contributed by atoms with Crippen LogP contribution in [0, 0.1) is 0 Å². The zero-order valence-electron chi connectivity index (χ0n) is 14.9. The number of rotatable bonds is 6. The first-order valence-electron chi connectivity index (χ1n) is 8.89. The highest BCUT2D eigenvalue weighted by molar-refractivity contribution is 6.31. The molecule has 4 rings (SSSR count). The molecule has 0 saturated carbocycles. The first-order valence-corrected chi connectivity index (χ1v) is 9.27. The van der Waals surface area contributed by atoms with Gasteiger partial charge in [-0.1, -0.05) is 41.9 Å². The highest BCUT2D eigenvalue weighted by atomic mass is 35.5. The molecule has 0 saturated heterocycles. The van der Waals surface area contributed by atoms with Crippen molar-refractivity contribution in [3.63, 3.8) is 0 Å². The van der Waals surface area contributed by atoms with E-state index >= 15 is 0 Å². The predicted octanol–water partition coefficient (Wildman–Crippen LogP) is 4.89. The smallest absolute Gasteiger partial charge is 0.127 e. The first kappa shape index (κ1) is 18.1. The number of hydrogen-bond acceptors (Lipinski definition) is 3. The Kier molecular flexibility index (Phi) is 5.04. The largest absolute Gasteiger partial charge is 0.550 e. The Balaban J connectivity index is 1.74. The van der Waals surface area contributed by atoms with Crippen LogP contribution in [0.15, 0.2) is 79.0 Å². The van der Waals surface area contributed by atoms with E-state index in [4.69, 9.17) is 16.3 Å². The Morgan fingerprint density at radius 1 is 1.00 bits per heavy atom. The minimum atomic E-state index is -1.12. The topological polar surface area (TPSA) is 65.2 Å². The summed E-state index contributed by atoms with van der Waals surface area (Å²) in [5.74, 6) is -0.146. The van der Waals surface area contributed by atoms with Crippen molar-refractivity contribution in [3.05, 3.63) is 95.1 Å². The SMILES string of the molecule is O=C([O-])C[C@H](c1cccc(Oc2ccccc2)c1)c1c[nH]c2ccc(Cl)cc12. The van der Waals surface area contributed by atoms with Crippen molar-refractivity contribution in [3.8, 4) is 11.5 Å². The number of aromatic amines is 1. The molecule has 0 amide bonds. The summed E-state index contributed by atoms with van der Waals surface area (Å²) in [7, 11) is 0. The number of benzene rings is 3. The van der Waals surface area contributed by atoms with Crippen molar-refractivity contribution in [1.82, 2.24) is 4.98 Å². The van der Waals surface area contributed by atoms with Gasteiger partial charge < -0.3 is 19.6 Å². The fourth-order valence-corrected chi connectivity index (χ4v) is 3.57. The molecule has 0 aliphatic rings. The lowest BCUT2D eigenvalue weighted by atomic mass is 9.88. The fraction of sp³-hybridized carbons (Fsp3) is 0.0870. The van der Waals surface area contributed by atoms with E-state index < -0.39 is 11.9 Å². The van der Waals surface area contributed by atoms with E-state index in [1.165, 1.54) is 0 Å². The highest BCUT2D eigenvalue weighted by Gasteiger charge is 2.19. The van der Waals surface area contributed by atoms with Crippen molar-refractivity contribution in [2.45, 2.75) is 12.3 Å². The van der Waals surface area contributed by atoms with Crippen LogP contribution in [0.1, 0.15) is 23.5 Å². The second kappa shape index (κ2) is 7.79. The van der Waals surface area contributed by atoms with Crippen LogP contribution < -0.4 is 9.84 Å². The number of para-hydroxylation sites is 1. The van der Waals surface area contributed by atoms with Gasteiger partial charge in [-0.05, 0) is 60.0 Å². The number of halogens is 1. The number of carboxylic acids is 1. The molecule has 140 valence electrons. The van der Waals surface area contributed by atoms with E-state index in [0.29, 0.717) is 10.8 Å². The highest BCUT2D eigenvalue weighted by Crippen LogP contribution is 2.36. The van der Waals surface area contributed by atoms with Crippen LogP contribution in [0.5, 0.6) is 11.5 Å². The molecule has 5 heteroatoms. The minimum Gasteiger partial charge on any atom is -0.550 e. The zero-order chi connectivity index (χ0) is 19.5. The van der Waals surface area contributed by atoms with Gasteiger partial charge in [-0.3, -0.25) is 0 Å². The van der Waals surface area contributed by atoms with Crippen LogP contribution in [0.3, 0.4) is 0 Å². The molecular formula is C23H17ClNO3-. The number of fused-ring (bicyclic) bond motifs is 1. The van der Waals surface area contributed by atoms with Crippen LogP contribution in [0.2, 0.25) is 5.02 Å². The van der Waals surface area contributed by atoms with E-state index in [1.54, 1.807) is 6.07 Å². The first-order chi connectivity index (χ1) is 13.6. The number of carbonyl (C=O) groups is 1. The van der Waals surface area contributed by atoms with Crippen LogP contribution in [-0.2, 0) is 4.79 Å². The molecule has 4 aromatic rings.